The van der Waals surface area contributed by atoms with Gasteiger partial charge < -0.3 is 14.1 Å². The van der Waals surface area contributed by atoms with E-state index in [9.17, 15) is 4.79 Å². The van der Waals surface area contributed by atoms with Crippen LogP contribution in [-0.4, -0.2) is 38.2 Å². The predicted molar refractivity (Wildman–Crippen MR) is 113 cm³/mol. The summed E-state index contributed by atoms with van der Waals surface area (Å²) in [5, 5.41) is 1.19. The zero-order valence-corrected chi connectivity index (χ0v) is 17.0. The number of fused-ring (bicyclic) bond motifs is 1. The molecule has 1 aromatic heterocycles. The van der Waals surface area contributed by atoms with Crippen LogP contribution in [0.25, 0.3) is 11.0 Å². The van der Waals surface area contributed by atoms with Crippen LogP contribution in [0.2, 0.25) is 10.0 Å². The summed E-state index contributed by atoms with van der Waals surface area (Å²) >= 11 is 12.2. The molecular weight excluding hydrogens is 399 g/mol. The summed E-state index contributed by atoms with van der Waals surface area (Å²) < 4.78 is 11.1. The van der Waals surface area contributed by atoms with E-state index >= 15 is 0 Å². The molecular formula is C21H20Cl2N2O3. The fraction of sp³-hybridized carbons (Fsp3) is 0.286. The zero-order valence-electron chi connectivity index (χ0n) is 15.5. The second kappa shape index (κ2) is 8.03. The molecule has 146 valence electrons. The van der Waals surface area contributed by atoms with Crippen LogP contribution in [0.15, 0.2) is 51.9 Å². The number of ether oxygens (including phenoxy) is 1. The minimum atomic E-state index is -0.0854. The van der Waals surface area contributed by atoms with E-state index in [2.05, 4.69) is 15.9 Å². The van der Waals surface area contributed by atoms with E-state index in [4.69, 9.17) is 32.4 Å². The van der Waals surface area contributed by atoms with Gasteiger partial charge in [0.25, 0.3) is 0 Å². The topological polar surface area (TPSA) is 45.9 Å². The monoisotopic (exact) mass is 418 g/mol. The molecule has 1 saturated heterocycles. The standard InChI is InChI=1S/C21H20Cl2N2O3/c1-27-19-5-3-2-4-18(19)25-8-6-24(7-9-25)12-14-13-28-21-16(20(14)26)10-15(22)11-17(21)23/h2-5,10-11,13H,6-9,12H2,1H3. The summed E-state index contributed by atoms with van der Waals surface area (Å²) in [7, 11) is 1.69. The SMILES string of the molecule is COc1ccccc1N1CCN(Cc2coc3c(Cl)cc(Cl)cc3c2=O)CC1. The molecule has 3 aromatic rings. The van der Waals surface area contributed by atoms with Gasteiger partial charge in [-0.2, -0.15) is 0 Å². The minimum absolute atomic E-state index is 0.0854. The van der Waals surface area contributed by atoms with E-state index in [1.807, 2.05) is 18.2 Å². The molecule has 0 aliphatic carbocycles. The molecule has 0 spiro atoms. The normalized spacial score (nSPS) is 15.2. The maximum Gasteiger partial charge on any atom is 0.197 e. The van der Waals surface area contributed by atoms with Crippen LogP contribution in [0.1, 0.15) is 5.56 Å². The highest BCUT2D eigenvalue weighted by molar-refractivity contribution is 6.38. The molecule has 0 atom stereocenters. The molecule has 5 nitrogen and oxygen atoms in total. The molecule has 1 aliphatic heterocycles. The van der Waals surface area contributed by atoms with Crippen molar-refractivity contribution in [2.75, 3.05) is 38.2 Å². The Hall–Kier alpha value is -2.21. The lowest BCUT2D eigenvalue weighted by Gasteiger charge is -2.36. The summed E-state index contributed by atoms with van der Waals surface area (Å²) in [6, 6.07) is 11.2. The molecule has 7 heteroatoms. The quantitative estimate of drug-likeness (QED) is 0.626. The maximum absolute atomic E-state index is 12.8. The first-order valence-corrected chi connectivity index (χ1v) is 9.82. The molecule has 2 aromatic carbocycles. The predicted octanol–water partition coefficient (Wildman–Crippen LogP) is 4.43. The van der Waals surface area contributed by atoms with Crippen LogP contribution < -0.4 is 15.1 Å². The Morgan fingerprint density at radius 2 is 1.86 bits per heavy atom. The largest absolute Gasteiger partial charge is 0.495 e. The van der Waals surface area contributed by atoms with Crippen molar-refractivity contribution < 1.29 is 9.15 Å². The van der Waals surface area contributed by atoms with Crippen molar-refractivity contribution in [2.45, 2.75) is 6.54 Å². The summed E-state index contributed by atoms with van der Waals surface area (Å²) in [6.45, 7) is 3.92. The maximum atomic E-state index is 12.8. The Morgan fingerprint density at radius 3 is 2.61 bits per heavy atom. The average molecular weight is 419 g/mol. The third-order valence-corrected chi connectivity index (χ3v) is 5.55. The van der Waals surface area contributed by atoms with Crippen molar-refractivity contribution in [3.8, 4) is 5.75 Å². The van der Waals surface area contributed by atoms with Crippen LogP contribution >= 0.6 is 23.2 Å². The molecule has 0 amide bonds. The summed E-state index contributed by atoms with van der Waals surface area (Å²) in [5.74, 6) is 0.875. The molecule has 4 rings (SSSR count). The number of methoxy groups -OCH3 is 1. The van der Waals surface area contributed by atoms with Crippen LogP contribution in [-0.2, 0) is 6.54 Å². The van der Waals surface area contributed by atoms with Gasteiger partial charge in [-0.15, -0.1) is 0 Å². The second-order valence-electron chi connectivity index (χ2n) is 6.79. The molecule has 1 fully saturated rings. The van der Waals surface area contributed by atoms with Crippen LogP contribution in [0, 0.1) is 0 Å². The Bertz CT molecular complexity index is 1060. The highest BCUT2D eigenvalue weighted by Gasteiger charge is 2.21. The average Bonchev–Trinajstić information content (AvgIpc) is 2.71. The van der Waals surface area contributed by atoms with Crippen molar-refractivity contribution in [3.05, 3.63) is 68.5 Å². The third-order valence-electron chi connectivity index (χ3n) is 5.06. The number of rotatable bonds is 4. The van der Waals surface area contributed by atoms with Gasteiger partial charge in [-0.1, -0.05) is 35.3 Å². The lowest BCUT2D eigenvalue weighted by Crippen LogP contribution is -2.46. The fourth-order valence-electron chi connectivity index (χ4n) is 3.59. The number of nitrogens with zero attached hydrogens (tertiary/aromatic N) is 2. The third kappa shape index (κ3) is 3.70. The molecule has 2 heterocycles. The van der Waals surface area contributed by atoms with Gasteiger partial charge in [0.15, 0.2) is 11.0 Å². The summed E-state index contributed by atoms with van der Waals surface area (Å²) in [6.07, 6.45) is 1.51. The number of benzene rings is 2. The number of hydrogen-bond acceptors (Lipinski definition) is 5. The first kappa shape index (κ1) is 19.1. The van der Waals surface area contributed by atoms with Crippen molar-refractivity contribution in [1.82, 2.24) is 4.90 Å². The van der Waals surface area contributed by atoms with Gasteiger partial charge in [-0.3, -0.25) is 9.69 Å². The van der Waals surface area contributed by atoms with Gasteiger partial charge in [0.05, 0.1) is 29.5 Å². The van der Waals surface area contributed by atoms with Gasteiger partial charge in [0, 0.05) is 43.3 Å². The smallest absolute Gasteiger partial charge is 0.197 e. The van der Waals surface area contributed by atoms with Crippen LogP contribution in [0.4, 0.5) is 5.69 Å². The zero-order chi connectivity index (χ0) is 19.7. The van der Waals surface area contributed by atoms with E-state index in [0.717, 1.165) is 37.6 Å². The van der Waals surface area contributed by atoms with Gasteiger partial charge in [0.1, 0.15) is 5.75 Å². The number of hydrogen-bond donors (Lipinski definition) is 0. The lowest BCUT2D eigenvalue weighted by molar-refractivity contribution is 0.247. The number of para-hydroxylation sites is 2. The van der Waals surface area contributed by atoms with Gasteiger partial charge >= 0.3 is 0 Å². The Labute approximate surface area is 173 Å². The minimum Gasteiger partial charge on any atom is -0.495 e. The van der Waals surface area contributed by atoms with Crippen molar-refractivity contribution in [1.29, 1.82) is 0 Å². The van der Waals surface area contributed by atoms with Crippen molar-refractivity contribution >= 4 is 39.9 Å². The molecule has 0 N–H and O–H groups in total. The number of piperazine rings is 1. The van der Waals surface area contributed by atoms with E-state index in [-0.39, 0.29) is 5.43 Å². The Balaban J connectivity index is 1.49. The van der Waals surface area contributed by atoms with Gasteiger partial charge in [-0.25, -0.2) is 0 Å². The van der Waals surface area contributed by atoms with Crippen LogP contribution in [0.5, 0.6) is 5.75 Å². The van der Waals surface area contributed by atoms with Crippen molar-refractivity contribution in [3.63, 3.8) is 0 Å². The first-order valence-electron chi connectivity index (χ1n) is 9.06. The second-order valence-corrected chi connectivity index (χ2v) is 7.63. The van der Waals surface area contributed by atoms with E-state index in [1.165, 1.54) is 6.26 Å². The number of halogens is 2. The van der Waals surface area contributed by atoms with Crippen molar-refractivity contribution in [2.24, 2.45) is 0 Å². The molecule has 0 radical (unpaired) electrons. The molecule has 0 saturated carbocycles. The highest BCUT2D eigenvalue weighted by atomic mass is 35.5. The fourth-order valence-corrected chi connectivity index (χ4v) is 4.13. The molecule has 28 heavy (non-hydrogen) atoms. The van der Waals surface area contributed by atoms with E-state index < -0.39 is 0 Å². The molecule has 1 aliphatic rings. The van der Waals surface area contributed by atoms with Gasteiger partial charge in [-0.05, 0) is 24.3 Å². The summed E-state index contributed by atoms with van der Waals surface area (Å²) in [4.78, 5) is 17.4. The van der Waals surface area contributed by atoms with E-state index in [0.29, 0.717) is 33.1 Å². The molecule has 0 unspecified atom stereocenters. The summed E-state index contributed by atoms with van der Waals surface area (Å²) in [5.41, 5.74) is 1.99. The Morgan fingerprint density at radius 1 is 1.11 bits per heavy atom. The Kier molecular flexibility index (Phi) is 5.49. The van der Waals surface area contributed by atoms with E-state index in [1.54, 1.807) is 19.2 Å². The first-order chi connectivity index (χ1) is 13.6. The highest BCUT2D eigenvalue weighted by Crippen LogP contribution is 2.29. The van der Waals surface area contributed by atoms with Gasteiger partial charge in [0.2, 0.25) is 0 Å². The van der Waals surface area contributed by atoms with Crippen LogP contribution in [0.3, 0.4) is 0 Å². The lowest BCUT2D eigenvalue weighted by atomic mass is 10.1. The number of anilines is 1. The molecule has 0 bridgehead atoms.